The van der Waals surface area contributed by atoms with E-state index in [-0.39, 0.29) is 10.4 Å². The highest BCUT2D eigenvalue weighted by atomic mass is 32.2. The van der Waals surface area contributed by atoms with Crippen molar-refractivity contribution in [3.63, 3.8) is 0 Å². The molecule has 0 bridgehead atoms. The third kappa shape index (κ3) is 1.54. The molecule has 5 nitrogen and oxygen atoms in total. The van der Waals surface area contributed by atoms with Crippen LogP contribution in [0.15, 0.2) is 5.03 Å². The Morgan fingerprint density at radius 2 is 2.00 bits per heavy atom. The normalized spacial score (nSPS) is 18.4. The summed E-state index contributed by atoms with van der Waals surface area (Å²) in [5, 5.41) is 5.57. The lowest BCUT2D eigenvalue weighted by Gasteiger charge is -2.08. The average molecular weight is 285 g/mol. The SMILES string of the molecule is Cc1sc2nc(C3(C)CC3)c(S(N)(=O)=O)n2c1C. The molecule has 7 heteroatoms. The molecule has 1 saturated carbocycles. The highest BCUT2D eigenvalue weighted by Crippen LogP contribution is 2.49. The van der Waals surface area contributed by atoms with Crippen LogP contribution >= 0.6 is 11.3 Å². The highest BCUT2D eigenvalue weighted by Gasteiger charge is 2.46. The van der Waals surface area contributed by atoms with Crippen molar-refractivity contribution in [3.05, 3.63) is 16.3 Å². The Balaban J connectivity index is 2.45. The summed E-state index contributed by atoms with van der Waals surface area (Å²) in [5.74, 6) is 0. The standard InChI is InChI=1S/C11H15N3O2S2/c1-6-7(2)17-10-13-8(11(3)4-5-11)9(14(6)10)18(12,15)16/h4-5H2,1-3H3,(H2,12,15,16). The lowest BCUT2D eigenvalue weighted by Crippen LogP contribution is -2.19. The molecule has 98 valence electrons. The molecule has 2 heterocycles. The fourth-order valence-electron chi connectivity index (χ4n) is 2.20. The molecule has 0 unspecified atom stereocenters. The summed E-state index contributed by atoms with van der Waals surface area (Å²) in [6.45, 7) is 5.89. The van der Waals surface area contributed by atoms with Gasteiger partial charge in [-0.05, 0) is 26.7 Å². The summed E-state index contributed by atoms with van der Waals surface area (Å²) in [5.41, 5.74) is 1.43. The van der Waals surface area contributed by atoms with Gasteiger partial charge in [0.15, 0.2) is 9.99 Å². The number of nitrogens with zero attached hydrogens (tertiary/aromatic N) is 2. The molecular formula is C11H15N3O2S2. The van der Waals surface area contributed by atoms with Gasteiger partial charge in [-0.2, -0.15) is 0 Å². The minimum Gasteiger partial charge on any atom is -0.277 e. The van der Waals surface area contributed by atoms with Crippen molar-refractivity contribution < 1.29 is 8.42 Å². The molecule has 0 aromatic carbocycles. The molecule has 0 saturated heterocycles. The van der Waals surface area contributed by atoms with Gasteiger partial charge in [-0.3, -0.25) is 4.40 Å². The molecular weight excluding hydrogens is 270 g/mol. The van der Waals surface area contributed by atoms with Gasteiger partial charge in [0, 0.05) is 16.0 Å². The molecule has 0 radical (unpaired) electrons. The van der Waals surface area contributed by atoms with E-state index in [1.807, 2.05) is 20.8 Å². The van der Waals surface area contributed by atoms with Crippen LogP contribution in [0.1, 0.15) is 36.0 Å². The third-order valence-corrected chi connectivity index (χ3v) is 5.71. The average Bonchev–Trinajstić information content (AvgIpc) is 2.77. The molecule has 0 amide bonds. The highest BCUT2D eigenvalue weighted by molar-refractivity contribution is 7.89. The van der Waals surface area contributed by atoms with E-state index < -0.39 is 10.0 Å². The summed E-state index contributed by atoms with van der Waals surface area (Å²) in [4.78, 5) is 6.30. The number of sulfonamides is 1. The van der Waals surface area contributed by atoms with Crippen LogP contribution in [0.25, 0.3) is 4.96 Å². The largest absolute Gasteiger partial charge is 0.277 e. The van der Waals surface area contributed by atoms with Crippen molar-refractivity contribution in [2.75, 3.05) is 0 Å². The first-order valence-corrected chi connectivity index (χ1v) is 8.12. The molecule has 3 rings (SSSR count). The fraction of sp³-hybridized carbons (Fsp3) is 0.545. The van der Waals surface area contributed by atoms with Gasteiger partial charge in [-0.15, -0.1) is 11.3 Å². The second-order valence-electron chi connectivity index (χ2n) is 5.23. The summed E-state index contributed by atoms with van der Waals surface area (Å²) >= 11 is 1.51. The van der Waals surface area contributed by atoms with Crippen LogP contribution in [0.5, 0.6) is 0 Å². The van der Waals surface area contributed by atoms with Gasteiger partial charge in [0.05, 0.1) is 5.69 Å². The van der Waals surface area contributed by atoms with E-state index in [4.69, 9.17) is 5.14 Å². The number of rotatable bonds is 2. The van der Waals surface area contributed by atoms with Crippen molar-refractivity contribution in [2.24, 2.45) is 5.14 Å². The van der Waals surface area contributed by atoms with Gasteiger partial charge in [0.1, 0.15) is 0 Å². The Hall–Kier alpha value is -0.920. The van der Waals surface area contributed by atoms with Gasteiger partial charge in [0.2, 0.25) is 0 Å². The zero-order chi connectivity index (χ0) is 13.3. The van der Waals surface area contributed by atoms with Gasteiger partial charge in [0.25, 0.3) is 10.0 Å². The van der Waals surface area contributed by atoms with Crippen LogP contribution in [0.3, 0.4) is 0 Å². The number of hydrogen-bond donors (Lipinski definition) is 1. The van der Waals surface area contributed by atoms with Crippen molar-refractivity contribution in [1.29, 1.82) is 0 Å². The summed E-state index contributed by atoms with van der Waals surface area (Å²) in [7, 11) is -3.76. The first-order valence-electron chi connectivity index (χ1n) is 5.76. The van der Waals surface area contributed by atoms with Gasteiger partial charge >= 0.3 is 0 Å². The second kappa shape index (κ2) is 3.34. The Morgan fingerprint density at radius 1 is 1.39 bits per heavy atom. The lowest BCUT2D eigenvalue weighted by atomic mass is 10.1. The van der Waals surface area contributed by atoms with E-state index in [2.05, 4.69) is 4.98 Å². The predicted octanol–water partition coefficient (Wildman–Crippen LogP) is 1.71. The van der Waals surface area contributed by atoms with Crippen molar-refractivity contribution in [3.8, 4) is 0 Å². The van der Waals surface area contributed by atoms with Crippen LogP contribution in [0.2, 0.25) is 0 Å². The van der Waals surface area contributed by atoms with Crippen LogP contribution in [-0.4, -0.2) is 17.8 Å². The van der Waals surface area contributed by atoms with E-state index in [0.29, 0.717) is 5.69 Å². The Morgan fingerprint density at radius 3 is 2.50 bits per heavy atom. The van der Waals surface area contributed by atoms with E-state index in [0.717, 1.165) is 28.4 Å². The van der Waals surface area contributed by atoms with Crippen molar-refractivity contribution in [2.45, 2.75) is 44.1 Å². The number of aromatic nitrogens is 2. The van der Waals surface area contributed by atoms with Gasteiger partial charge in [-0.25, -0.2) is 18.5 Å². The Bertz CT molecular complexity index is 751. The molecule has 1 fully saturated rings. The fourth-order valence-corrected chi connectivity index (χ4v) is 4.26. The first kappa shape index (κ1) is 12.1. The maximum atomic E-state index is 11.9. The maximum Gasteiger partial charge on any atom is 0.256 e. The topological polar surface area (TPSA) is 77.5 Å². The monoisotopic (exact) mass is 285 g/mol. The number of thiazole rings is 1. The lowest BCUT2D eigenvalue weighted by molar-refractivity contribution is 0.586. The van der Waals surface area contributed by atoms with Gasteiger partial charge in [-0.1, -0.05) is 6.92 Å². The van der Waals surface area contributed by atoms with E-state index in [1.54, 1.807) is 4.40 Å². The zero-order valence-corrected chi connectivity index (χ0v) is 12.2. The number of imidazole rings is 1. The van der Waals surface area contributed by atoms with E-state index in [1.165, 1.54) is 11.3 Å². The number of aryl methyl sites for hydroxylation is 2. The smallest absolute Gasteiger partial charge is 0.256 e. The summed E-state index contributed by atoms with van der Waals surface area (Å²) < 4.78 is 25.5. The molecule has 1 aliphatic carbocycles. The third-order valence-electron chi connectivity index (χ3n) is 3.73. The number of fused-ring (bicyclic) bond motifs is 1. The maximum absolute atomic E-state index is 11.9. The Labute approximate surface area is 110 Å². The second-order valence-corrected chi connectivity index (χ2v) is 7.89. The molecule has 2 aromatic rings. The number of nitrogens with two attached hydrogens (primary N) is 1. The minimum absolute atomic E-state index is 0.117. The van der Waals surface area contributed by atoms with Gasteiger partial charge < -0.3 is 0 Å². The van der Waals surface area contributed by atoms with Crippen molar-refractivity contribution in [1.82, 2.24) is 9.38 Å². The number of hydrogen-bond acceptors (Lipinski definition) is 4. The van der Waals surface area contributed by atoms with Crippen LogP contribution in [-0.2, 0) is 15.4 Å². The quantitative estimate of drug-likeness (QED) is 0.912. The van der Waals surface area contributed by atoms with E-state index in [9.17, 15) is 8.42 Å². The Kier molecular flexibility index (Phi) is 2.25. The van der Waals surface area contributed by atoms with Crippen molar-refractivity contribution >= 4 is 26.3 Å². The molecule has 18 heavy (non-hydrogen) atoms. The van der Waals surface area contributed by atoms with E-state index >= 15 is 0 Å². The molecule has 1 aliphatic rings. The minimum atomic E-state index is -3.76. The first-order chi connectivity index (χ1) is 8.24. The van der Waals surface area contributed by atoms with Crippen LogP contribution in [0, 0.1) is 13.8 Å². The van der Waals surface area contributed by atoms with Crippen LogP contribution < -0.4 is 5.14 Å². The molecule has 0 spiro atoms. The summed E-state index contributed by atoms with van der Waals surface area (Å²) in [6, 6.07) is 0. The molecule has 2 aromatic heterocycles. The number of primary sulfonamides is 1. The summed E-state index contributed by atoms with van der Waals surface area (Å²) in [6.07, 6.45) is 1.94. The zero-order valence-electron chi connectivity index (χ0n) is 10.5. The molecule has 2 N–H and O–H groups in total. The van der Waals surface area contributed by atoms with Crippen LogP contribution in [0.4, 0.5) is 0 Å². The molecule has 0 aliphatic heterocycles. The predicted molar refractivity (Wildman–Crippen MR) is 70.5 cm³/mol. The molecule has 0 atom stereocenters.